The molecule has 2 unspecified atom stereocenters. The molecule has 0 aliphatic carbocycles. The maximum atomic E-state index is 6.55. The number of hydrogen-bond acceptors (Lipinski definition) is 6. The molecule has 1 aliphatic heterocycles. The monoisotopic (exact) mass is 369 g/mol. The molecule has 0 fully saturated rings. The van der Waals surface area contributed by atoms with E-state index in [1.165, 1.54) is 5.69 Å². The Morgan fingerprint density at radius 1 is 1.11 bits per heavy atom. The lowest BCUT2D eigenvalue weighted by molar-refractivity contribution is 0.174. The lowest BCUT2D eigenvalue weighted by atomic mass is 10.0. The quantitative estimate of drug-likeness (QED) is 0.783. The number of benzene rings is 2. The van der Waals surface area contributed by atoms with Crippen LogP contribution in [0.4, 0.5) is 11.4 Å². The molecule has 3 rings (SSSR count). The van der Waals surface area contributed by atoms with Gasteiger partial charge < -0.3 is 25.6 Å². The van der Waals surface area contributed by atoms with Gasteiger partial charge in [0.2, 0.25) is 0 Å². The van der Waals surface area contributed by atoms with Gasteiger partial charge >= 0.3 is 0 Å². The number of fused-ring (bicyclic) bond motifs is 1. The molecule has 146 valence electrons. The van der Waals surface area contributed by atoms with Crippen molar-refractivity contribution in [1.29, 1.82) is 0 Å². The average molecular weight is 370 g/mol. The molecule has 0 aromatic heterocycles. The Morgan fingerprint density at radius 2 is 1.81 bits per heavy atom. The maximum Gasteiger partial charge on any atom is 0.159 e. The fraction of sp³-hybridized carbons (Fsp3) is 0.429. The van der Waals surface area contributed by atoms with Gasteiger partial charge in [-0.2, -0.15) is 0 Å². The molecule has 1 heterocycles. The lowest BCUT2D eigenvalue weighted by Gasteiger charge is -2.48. The molecule has 0 bridgehead atoms. The minimum atomic E-state index is -0.151. The van der Waals surface area contributed by atoms with Crippen molar-refractivity contribution >= 4 is 11.4 Å². The second-order valence-corrected chi connectivity index (χ2v) is 7.27. The molecule has 1 aliphatic rings. The Balaban J connectivity index is 1.87. The van der Waals surface area contributed by atoms with Gasteiger partial charge in [-0.3, -0.25) is 0 Å². The molecule has 0 amide bonds. The summed E-state index contributed by atoms with van der Waals surface area (Å²) in [6.45, 7) is 1.99. The Hall–Kier alpha value is -2.28. The highest BCUT2D eigenvalue weighted by molar-refractivity contribution is 5.59. The van der Waals surface area contributed by atoms with Crippen molar-refractivity contribution in [2.45, 2.75) is 18.9 Å². The van der Waals surface area contributed by atoms with E-state index in [-0.39, 0.29) is 12.5 Å². The Labute approximate surface area is 162 Å². The minimum absolute atomic E-state index is 0.0227. The first-order chi connectivity index (χ1) is 13.0. The number of methoxy groups -OCH3 is 1. The molecule has 0 radical (unpaired) electrons. The number of anilines is 2. The largest absolute Gasteiger partial charge is 0.497 e. The maximum absolute atomic E-state index is 6.55. The normalized spacial score (nSPS) is 19.9. The predicted molar refractivity (Wildman–Crippen MR) is 112 cm³/mol. The number of para-hydroxylation sites is 1. The van der Waals surface area contributed by atoms with E-state index in [9.17, 15) is 0 Å². The van der Waals surface area contributed by atoms with Gasteiger partial charge in [-0.15, -0.1) is 0 Å². The summed E-state index contributed by atoms with van der Waals surface area (Å²) in [5, 5.41) is 3.64. The zero-order valence-corrected chi connectivity index (χ0v) is 16.7. The van der Waals surface area contributed by atoms with E-state index in [2.05, 4.69) is 65.4 Å². The van der Waals surface area contributed by atoms with Crippen molar-refractivity contribution in [2.24, 2.45) is 5.73 Å². The van der Waals surface area contributed by atoms with Crippen LogP contribution in [-0.4, -0.2) is 57.4 Å². The molecular formula is C21H31N5O. The number of rotatable bonds is 7. The van der Waals surface area contributed by atoms with Crippen molar-refractivity contribution in [3.63, 3.8) is 0 Å². The van der Waals surface area contributed by atoms with Crippen molar-refractivity contribution < 1.29 is 4.74 Å². The molecule has 6 heteroatoms. The Morgan fingerprint density at radius 3 is 2.48 bits per heavy atom. The van der Waals surface area contributed by atoms with Gasteiger partial charge in [0.25, 0.3) is 0 Å². The summed E-state index contributed by atoms with van der Waals surface area (Å²) in [5.41, 5.74) is 9.95. The number of nitrogens with two attached hydrogens (primary N) is 1. The van der Waals surface area contributed by atoms with Gasteiger partial charge in [0.15, 0.2) is 6.29 Å². The number of hydrogen-bond donors (Lipinski definition) is 2. The van der Waals surface area contributed by atoms with Crippen LogP contribution in [0.2, 0.25) is 0 Å². The van der Waals surface area contributed by atoms with E-state index < -0.39 is 0 Å². The van der Waals surface area contributed by atoms with E-state index in [0.29, 0.717) is 0 Å². The fourth-order valence-electron chi connectivity index (χ4n) is 3.54. The third-order valence-electron chi connectivity index (χ3n) is 5.07. The second-order valence-electron chi connectivity index (χ2n) is 7.27. The fourth-order valence-corrected chi connectivity index (χ4v) is 3.54. The molecule has 2 atom stereocenters. The van der Waals surface area contributed by atoms with Gasteiger partial charge in [0, 0.05) is 23.5 Å². The van der Waals surface area contributed by atoms with Crippen molar-refractivity contribution in [3.8, 4) is 5.75 Å². The summed E-state index contributed by atoms with van der Waals surface area (Å²) < 4.78 is 5.27. The van der Waals surface area contributed by atoms with Crippen LogP contribution < -0.4 is 20.7 Å². The summed E-state index contributed by atoms with van der Waals surface area (Å²) in [6.07, 6.45) is 0.901. The summed E-state index contributed by atoms with van der Waals surface area (Å²) >= 11 is 0. The highest BCUT2D eigenvalue weighted by Gasteiger charge is 2.34. The first kappa shape index (κ1) is 19.5. The van der Waals surface area contributed by atoms with E-state index in [4.69, 9.17) is 10.5 Å². The third kappa shape index (κ3) is 4.35. The third-order valence-corrected chi connectivity index (χ3v) is 5.07. The number of nitrogens with one attached hydrogen (secondary N) is 1. The van der Waals surface area contributed by atoms with Crippen LogP contribution in [0.3, 0.4) is 0 Å². The van der Waals surface area contributed by atoms with Crippen LogP contribution in [0.25, 0.3) is 0 Å². The molecular weight excluding hydrogens is 338 g/mol. The molecule has 0 spiro atoms. The summed E-state index contributed by atoms with van der Waals surface area (Å²) in [5.74, 6) is 0.849. The SMILES string of the molecule is COc1ccc(NC2N(CCCN(C)C)c3ccccc3C(N)N2C)cc1. The van der Waals surface area contributed by atoms with E-state index in [1.807, 2.05) is 24.3 Å². The van der Waals surface area contributed by atoms with Crippen LogP contribution in [0.1, 0.15) is 18.2 Å². The van der Waals surface area contributed by atoms with Crippen molar-refractivity contribution in [2.75, 3.05) is 51.6 Å². The van der Waals surface area contributed by atoms with Crippen LogP contribution in [0, 0.1) is 0 Å². The number of ether oxygens (including phenoxy) is 1. The van der Waals surface area contributed by atoms with Gasteiger partial charge in [0.05, 0.1) is 13.3 Å². The second kappa shape index (κ2) is 8.61. The van der Waals surface area contributed by atoms with Gasteiger partial charge in [-0.1, -0.05) is 18.2 Å². The van der Waals surface area contributed by atoms with E-state index in [1.54, 1.807) is 7.11 Å². The summed E-state index contributed by atoms with van der Waals surface area (Å²) in [6, 6.07) is 16.4. The van der Waals surface area contributed by atoms with Crippen LogP contribution >= 0.6 is 0 Å². The summed E-state index contributed by atoms with van der Waals surface area (Å²) in [7, 11) is 7.97. The van der Waals surface area contributed by atoms with Gasteiger partial charge in [0.1, 0.15) is 5.75 Å². The molecule has 6 nitrogen and oxygen atoms in total. The first-order valence-corrected chi connectivity index (χ1v) is 9.39. The zero-order chi connectivity index (χ0) is 19.4. The first-order valence-electron chi connectivity index (χ1n) is 9.39. The van der Waals surface area contributed by atoms with Crippen LogP contribution in [0.15, 0.2) is 48.5 Å². The molecule has 2 aromatic carbocycles. The predicted octanol–water partition coefficient (Wildman–Crippen LogP) is 2.75. The lowest BCUT2D eigenvalue weighted by Crippen LogP contribution is -2.58. The highest BCUT2D eigenvalue weighted by atomic mass is 16.5. The van der Waals surface area contributed by atoms with Crippen molar-refractivity contribution in [1.82, 2.24) is 9.80 Å². The number of nitrogens with zero attached hydrogens (tertiary/aromatic N) is 3. The van der Waals surface area contributed by atoms with Gasteiger partial charge in [-0.05, 0) is 64.4 Å². The van der Waals surface area contributed by atoms with Crippen LogP contribution in [0.5, 0.6) is 5.75 Å². The molecule has 2 aromatic rings. The topological polar surface area (TPSA) is 57.0 Å². The van der Waals surface area contributed by atoms with Gasteiger partial charge in [-0.25, -0.2) is 4.90 Å². The van der Waals surface area contributed by atoms with E-state index in [0.717, 1.165) is 36.5 Å². The molecule has 0 saturated carbocycles. The highest BCUT2D eigenvalue weighted by Crippen LogP contribution is 2.35. The Kier molecular flexibility index (Phi) is 6.21. The summed E-state index contributed by atoms with van der Waals surface area (Å²) in [4.78, 5) is 6.81. The molecule has 27 heavy (non-hydrogen) atoms. The smallest absolute Gasteiger partial charge is 0.159 e. The average Bonchev–Trinajstić information content (AvgIpc) is 2.68. The Bertz CT molecular complexity index is 734. The van der Waals surface area contributed by atoms with E-state index >= 15 is 0 Å². The molecule has 3 N–H and O–H groups in total. The van der Waals surface area contributed by atoms with Crippen LogP contribution in [-0.2, 0) is 0 Å². The minimum Gasteiger partial charge on any atom is -0.497 e. The standard InChI is InChI=1S/C21H31N5O/c1-24(2)14-7-15-26-19-9-6-5-8-18(19)20(22)25(3)21(26)23-16-10-12-17(27-4)13-11-16/h5-6,8-13,20-21,23H,7,14-15,22H2,1-4H3. The molecule has 0 saturated heterocycles. The zero-order valence-electron chi connectivity index (χ0n) is 16.7. The van der Waals surface area contributed by atoms with Crippen molar-refractivity contribution in [3.05, 3.63) is 54.1 Å².